The van der Waals surface area contributed by atoms with Crippen LogP contribution in [0.15, 0.2) is 93.6 Å². The Balaban J connectivity index is 1.77. The summed E-state index contributed by atoms with van der Waals surface area (Å²) in [4.78, 5) is 25.9. The number of thioether (sulfide) groups is 1. The standard InChI is InChI=1S/C27H21FN2O4S/c1-2-33-27(32)24-23(22-9-6-14-34-22)20(15-29)26(30-25(24)18-7-4-3-5-8-18)35-16-21(31)17-10-12-19(28)13-11-17/h3-14,23,30H,2,16H2,1H3/t23-/m1/s1. The average molecular weight is 489 g/mol. The zero-order valence-electron chi connectivity index (χ0n) is 18.8. The number of nitrogens with zero attached hydrogens (tertiary/aromatic N) is 1. The van der Waals surface area contributed by atoms with Crippen LogP contribution in [0.5, 0.6) is 0 Å². The molecule has 0 radical (unpaired) electrons. The molecule has 1 aliphatic heterocycles. The number of rotatable bonds is 8. The maximum atomic E-state index is 13.2. The van der Waals surface area contributed by atoms with Gasteiger partial charge >= 0.3 is 5.97 Å². The van der Waals surface area contributed by atoms with Crippen LogP contribution in [0.1, 0.15) is 34.5 Å². The van der Waals surface area contributed by atoms with Crippen molar-refractivity contribution in [2.24, 2.45) is 0 Å². The SMILES string of the molecule is CCOC(=O)C1=C(c2ccccc2)NC(SCC(=O)c2ccc(F)cc2)=C(C#N)[C@@H]1c1ccco1. The average Bonchev–Trinajstić information content (AvgIpc) is 3.42. The molecule has 2 heterocycles. The number of esters is 1. The minimum absolute atomic E-state index is 0.000823. The van der Waals surface area contributed by atoms with Crippen molar-refractivity contribution in [2.45, 2.75) is 12.8 Å². The normalized spacial score (nSPS) is 15.4. The molecule has 2 aromatic carbocycles. The van der Waals surface area contributed by atoms with E-state index in [2.05, 4.69) is 11.4 Å². The molecule has 8 heteroatoms. The van der Waals surface area contributed by atoms with E-state index in [1.54, 1.807) is 19.1 Å². The number of nitrogens with one attached hydrogen (secondary N) is 1. The summed E-state index contributed by atoms with van der Waals surface area (Å²) in [6.07, 6.45) is 1.47. The zero-order chi connectivity index (χ0) is 24.8. The Morgan fingerprint density at radius 1 is 1.11 bits per heavy atom. The van der Waals surface area contributed by atoms with Crippen LogP contribution in [0.4, 0.5) is 4.39 Å². The first-order valence-electron chi connectivity index (χ1n) is 10.9. The lowest BCUT2D eigenvalue weighted by Crippen LogP contribution is -2.29. The van der Waals surface area contributed by atoms with Crippen molar-refractivity contribution in [2.75, 3.05) is 12.4 Å². The third-order valence-corrected chi connectivity index (χ3v) is 6.37. The topological polar surface area (TPSA) is 92.3 Å². The number of nitriles is 1. The van der Waals surface area contributed by atoms with E-state index in [1.165, 1.54) is 30.5 Å². The van der Waals surface area contributed by atoms with Gasteiger partial charge in [-0.1, -0.05) is 42.1 Å². The van der Waals surface area contributed by atoms with Gasteiger partial charge in [0.1, 0.15) is 11.6 Å². The van der Waals surface area contributed by atoms with Gasteiger partial charge in [0.25, 0.3) is 0 Å². The Kier molecular flexibility index (Phi) is 7.48. The monoisotopic (exact) mass is 488 g/mol. The molecule has 6 nitrogen and oxygen atoms in total. The highest BCUT2D eigenvalue weighted by atomic mass is 32.2. The fourth-order valence-corrected chi connectivity index (χ4v) is 4.69. The van der Waals surface area contributed by atoms with Gasteiger partial charge in [0.2, 0.25) is 0 Å². The molecular formula is C27H21FN2O4S. The lowest BCUT2D eigenvalue weighted by Gasteiger charge is -2.29. The van der Waals surface area contributed by atoms with Gasteiger partial charge in [-0.25, -0.2) is 9.18 Å². The fourth-order valence-electron chi connectivity index (χ4n) is 3.76. The number of benzene rings is 2. The van der Waals surface area contributed by atoms with Crippen LogP contribution in [-0.2, 0) is 9.53 Å². The molecule has 4 rings (SSSR count). The highest BCUT2D eigenvalue weighted by molar-refractivity contribution is 8.03. The predicted molar refractivity (Wildman–Crippen MR) is 130 cm³/mol. The van der Waals surface area contributed by atoms with Crippen molar-refractivity contribution < 1.29 is 23.1 Å². The number of carbonyl (C=O) groups is 2. The van der Waals surface area contributed by atoms with Crippen LogP contribution in [-0.4, -0.2) is 24.1 Å². The first-order chi connectivity index (χ1) is 17.0. The maximum Gasteiger partial charge on any atom is 0.337 e. The quantitative estimate of drug-likeness (QED) is 0.334. The molecule has 0 aliphatic carbocycles. The van der Waals surface area contributed by atoms with Crippen LogP contribution < -0.4 is 5.32 Å². The number of hydrogen-bond donors (Lipinski definition) is 1. The molecule has 0 amide bonds. The number of halogens is 1. The van der Waals surface area contributed by atoms with Crippen LogP contribution in [0.25, 0.3) is 5.70 Å². The lowest BCUT2D eigenvalue weighted by molar-refractivity contribution is -0.138. The number of carbonyl (C=O) groups excluding carboxylic acids is 2. The van der Waals surface area contributed by atoms with E-state index in [4.69, 9.17) is 9.15 Å². The number of allylic oxidation sites excluding steroid dienone is 1. The van der Waals surface area contributed by atoms with E-state index in [0.29, 0.717) is 27.6 Å². The Hall–Kier alpha value is -4.09. The first-order valence-corrected chi connectivity index (χ1v) is 11.8. The largest absolute Gasteiger partial charge is 0.468 e. The number of Topliss-reactive ketones (excluding diaryl/α,β-unsaturated/α-hetero) is 1. The smallest absolute Gasteiger partial charge is 0.337 e. The van der Waals surface area contributed by atoms with Crippen molar-refractivity contribution in [3.8, 4) is 6.07 Å². The Bertz CT molecular complexity index is 1320. The first kappa shape index (κ1) is 24.0. The summed E-state index contributed by atoms with van der Waals surface area (Å²) in [7, 11) is 0. The van der Waals surface area contributed by atoms with Gasteiger partial charge in [-0.3, -0.25) is 4.79 Å². The minimum Gasteiger partial charge on any atom is -0.468 e. The summed E-state index contributed by atoms with van der Waals surface area (Å²) in [6.45, 7) is 1.87. The molecule has 0 unspecified atom stereocenters. The second-order valence-electron chi connectivity index (χ2n) is 7.52. The molecule has 176 valence electrons. The third kappa shape index (κ3) is 5.20. The fraction of sp³-hybridized carbons (Fsp3) is 0.148. The van der Waals surface area contributed by atoms with Crippen LogP contribution >= 0.6 is 11.8 Å². The number of hydrogen-bond acceptors (Lipinski definition) is 7. The van der Waals surface area contributed by atoms with Crippen LogP contribution in [0.3, 0.4) is 0 Å². The van der Waals surface area contributed by atoms with Crippen molar-refractivity contribution in [3.05, 3.63) is 112 Å². The lowest BCUT2D eigenvalue weighted by atomic mass is 9.84. The van der Waals surface area contributed by atoms with Gasteiger partial charge < -0.3 is 14.5 Å². The number of ether oxygens (including phenoxy) is 1. The molecule has 0 saturated heterocycles. The summed E-state index contributed by atoms with van der Waals surface area (Å²) in [5.74, 6) is -1.64. The predicted octanol–water partition coefficient (Wildman–Crippen LogP) is 5.43. The Morgan fingerprint density at radius 2 is 1.86 bits per heavy atom. The molecule has 3 aromatic rings. The minimum atomic E-state index is -0.825. The molecule has 1 atom stereocenters. The van der Waals surface area contributed by atoms with E-state index < -0.39 is 17.7 Å². The number of dihydropyridines is 1. The van der Waals surface area contributed by atoms with Gasteiger partial charge in [0.05, 0.1) is 52.5 Å². The van der Waals surface area contributed by atoms with Crippen LogP contribution in [0, 0.1) is 17.1 Å². The molecule has 1 aromatic heterocycles. The van der Waals surface area contributed by atoms with Gasteiger partial charge in [-0.15, -0.1) is 0 Å². The third-order valence-electron chi connectivity index (χ3n) is 5.35. The Labute approximate surface area is 206 Å². The molecule has 0 bridgehead atoms. The van der Waals surface area contributed by atoms with Gasteiger partial charge in [-0.2, -0.15) is 5.26 Å². The molecular weight excluding hydrogens is 467 g/mol. The summed E-state index contributed by atoms with van der Waals surface area (Å²) < 4.78 is 24.2. The van der Waals surface area contributed by atoms with E-state index in [1.807, 2.05) is 30.3 Å². The van der Waals surface area contributed by atoms with Gasteiger partial charge in [-0.05, 0) is 48.9 Å². The number of ketones is 1. The summed E-state index contributed by atoms with van der Waals surface area (Å²) in [5.41, 5.74) is 2.04. The van der Waals surface area contributed by atoms with Crippen LogP contribution in [0.2, 0.25) is 0 Å². The molecule has 1 N–H and O–H groups in total. The highest BCUT2D eigenvalue weighted by Gasteiger charge is 2.38. The van der Waals surface area contributed by atoms with E-state index in [0.717, 1.165) is 11.8 Å². The molecule has 35 heavy (non-hydrogen) atoms. The molecule has 0 fully saturated rings. The van der Waals surface area contributed by atoms with E-state index >= 15 is 0 Å². The molecule has 1 aliphatic rings. The highest BCUT2D eigenvalue weighted by Crippen LogP contribution is 2.43. The molecule has 0 saturated carbocycles. The van der Waals surface area contributed by atoms with Crippen molar-refractivity contribution in [1.29, 1.82) is 5.26 Å². The molecule has 0 spiro atoms. The number of furan rings is 1. The van der Waals surface area contributed by atoms with Gasteiger partial charge in [0.15, 0.2) is 5.78 Å². The van der Waals surface area contributed by atoms with Gasteiger partial charge in [0, 0.05) is 5.56 Å². The zero-order valence-corrected chi connectivity index (χ0v) is 19.6. The van der Waals surface area contributed by atoms with E-state index in [9.17, 15) is 19.2 Å². The van der Waals surface area contributed by atoms with E-state index in [-0.39, 0.29) is 29.3 Å². The Morgan fingerprint density at radius 3 is 2.49 bits per heavy atom. The summed E-state index contributed by atoms with van der Waals surface area (Å²) in [5, 5.41) is 13.8. The summed E-state index contributed by atoms with van der Waals surface area (Å²) in [6, 6.07) is 20.1. The second-order valence-corrected chi connectivity index (χ2v) is 8.51. The second kappa shape index (κ2) is 10.9. The van der Waals surface area contributed by atoms with Crippen molar-refractivity contribution in [1.82, 2.24) is 5.32 Å². The maximum absolute atomic E-state index is 13.2. The van der Waals surface area contributed by atoms with Crippen molar-refractivity contribution >= 4 is 29.2 Å². The summed E-state index contributed by atoms with van der Waals surface area (Å²) >= 11 is 1.14. The van der Waals surface area contributed by atoms with Crippen molar-refractivity contribution in [3.63, 3.8) is 0 Å².